The van der Waals surface area contributed by atoms with E-state index < -0.39 is 0 Å². The van der Waals surface area contributed by atoms with Crippen molar-refractivity contribution in [1.82, 2.24) is 9.80 Å². The number of amides is 2. The van der Waals surface area contributed by atoms with Crippen molar-refractivity contribution in [2.75, 3.05) is 27.2 Å². The maximum absolute atomic E-state index is 12.4. The van der Waals surface area contributed by atoms with Crippen LogP contribution in [0.15, 0.2) is 30.3 Å². The van der Waals surface area contributed by atoms with Crippen LogP contribution in [-0.2, 0) is 15.1 Å². The second-order valence-corrected chi connectivity index (χ2v) is 8.00. The molecule has 0 bridgehead atoms. The summed E-state index contributed by atoms with van der Waals surface area (Å²) < 4.78 is 0. The van der Waals surface area contributed by atoms with Gasteiger partial charge in [0.05, 0.1) is 0 Å². The number of rotatable bonds is 5. The smallest absolute Gasteiger partial charge is 0.223 e. The van der Waals surface area contributed by atoms with Crippen LogP contribution in [0.4, 0.5) is 0 Å². The van der Waals surface area contributed by atoms with E-state index in [1.807, 2.05) is 4.90 Å². The van der Waals surface area contributed by atoms with Crippen LogP contribution in [0.1, 0.15) is 44.1 Å². The lowest BCUT2D eigenvalue weighted by Crippen LogP contribution is -2.47. The first-order chi connectivity index (χ1) is 11.9. The Kier molecular flexibility index (Phi) is 4.87. The molecule has 25 heavy (non-hydrogen) atoms. The third kappa shape index (κ3) is 3.43. The molecule has 0 atom stereocenters. The topological polar surface area (TPSA) is 66.6 Å². The highest BCUT2D eigenvalue weighted by Crippen LogP contribution is 2.52. The predicted octanol–water partition coefficient (Wildman–Crippen LogP) is 2.11. The third-order valence-electron chi connectivity index (χ3n) is 6.34. The molecule has 1 saturated carbocycles. The Labute approximate surface area is 150 Å². The van der Waals surface area contributed by atoms with E-state index in [1.165, 1.54) is 5.56 Å². The summed E-state index contributed by atoms with van der Waals surface area (Å²) in [5.41, 5.74) is 6.73. The van der Waals surface area contributed by atoms with E-state index in [4.69, 9.17) is 5.73 Å². The Morgan fingerprint density at radius 1 is 1.16 bits per heavy atom. The zero-order valence-corrected chi connectivity index (χ0v) is 15.3. The third-order valence-corrected chi connectivity index (χ3v) is 6.34. The number of hydrogen-bond donors (Lipinski definition) is 1. The van der Waals surface area contributed by atoms with Crippen molar-refractivity contribution < 1.29 is 9.59 Å². The van der Waals surface area contributed by atoms with Crippen molar-refractivity contribution in [2.45, 2.75) is 44.1 Å². The molecule has 1 aliphatic heterocycles. The van der Waals surface area contributed by atoms with Gasteiger partial charge in [-0.25, -0.2) is 0 Å². The summed E-state index contributed by atoms with van der Waals surface area (Å²) in [6.45, 7) is 1.24. The number of benzene rings is 1. The number of carbonyl (C=O) groups excluding carboxylic acids is 2. The molecule has 1 aliphatic carbocycles. The number of nitrogens with two attached hydrogens (primary N) is 1. The molecule has 2 aliphatic rings. The van der Waals surface area contributed by atoms with Crippen molar-refractivity contribution in [2.24, 2.45) is 11.1 Å². The zero-order valence-electron chi connectivity index (χ0n) is 15.3. The molecular formula is C20H29N3O2. The molecule has 1 aromatic carbocycles. The second-order valence-electron chi connectivity index (χ2n) is 8.00. The molecule has 2 fully saturated rings. The van der Waals surface area contributed by atoms with Crippen LogP contribution >= 0.6 is 0 Å². The highest BCUT2D eigenvalue weighted by molar-refractivity contribution is 5.80. The minimum Gasteiger partial charge on any atom is -0.370 e. The van der Waals surface area contributed by atoms with Crippen LogP contribution in [0.2, 0.25) is 0 Å². The first-order valence-electron chi connectivity index (χ1n) is 9.16. The Bertz CT molecular complexity index is 634. The molecule has 5 heteroatoms. The molecule has 5 nitrogen and oxygen atoms in total. The fourth-order valence-corrected chi connectivity index (χ4v) is 4.70. The van der Waals surface area contributed by atoms with Gasteiger partial charge in [0.25, 0.3) is 0 Å². The lowest BCUT2D eigenvalue weighted by atomic mass is 9.64. The molecule has 2 amide bonds. The summed E-state index contributed by atoms with van der Waals surface area (Å²) in [5.74, 6) is -0.161. The standard InChI is InChI=1S/C20H29N3O2/c1-22(2)20(16-6-4-3-5-7-16)11-9-19(10-12-20)14-18(25)23(15-19)13-8-17(21)24/h3-7H,8-15H2,1-2H3,(H2,21,24)/t19-,20-. The van der Waals surface area contributed by atoms with Crippen LogP contribution < -0.4 is 5.73 Å². The van der Waals surface area contributed by atoms with E-state index in [0.717, 1.165) is 32.2 Å². The predicted molar refractivity (Wildman–Crippen MR) is 97.7 cm³/mol. The van der Waals surface area contributed by atoms with Crippen molar-refractivity contribution in [3.05, 3.63) is 35.9 Å². The fraction of sp³-hybridized carbons (Fsp3) is 0.600. The molecule has 0 unspecified atom stereocenters. The van der Waals surface area contributed by atoms with E-state index in [-0.39, 0.29) is 29.2 Å². The highest BCUT2D eigenvalue weighted by Gasteiger charge is 2.49. The van der Waals surface area contributed by atoms with Crippen molar-refractivity contribution >= 4 is 11.8 Å². The molecule has 0 radical (unpaired) electrons. The van der Waals surface area contributed by atoms with Gasteiger partial charge in [-0.15, -0.1) is 0 Å². The summed E-state index contributed by atoms with van der Waals surface area (Å²) in [6, 6.07) is 10.7. The van der Waals surface area contributed by atoms with Crippen molar-refractivity contribution in [3.63, 3.8) is 0 Å². The molecular weight excluding hydrogens is 314 g/mol. The maximum Gasteiger partial charge on any atom is 0.223 e. The van der Waals surface area contributed by atoms with E-state index >= 15 is 0 Å². The van der Waals surface area contributed by atoms with Gasteiger partial charge in [0.15, 0.2) is 0 Å². The molecule has 136 valence electrons. The summed E-state index contributed by atoms with van der Waals surface area (Å²) in [7, 11) is 4.31. The molecule has 1 saturated heterocycles. The highest BCUT2D eigenvalue weighted by atomic mass is 16.2. The van der Waals surface area contributed by atoms with Crippen LogP contribution in [0, 0.1) is 5.41 Å². The Morgan fingerprint density at radius 2 is 1.80 bits per heavy atom. The first-order valence-corrected chi connectivity index (χ1v) is 9.16. The number of hydrogen-bond acceptors (Lipinski definition) is 3. The number of likely N-dealkylation sites (tertiary alicyclic amines) is 1. The average Bonchev–Trinajstić information content (AvgIpc) is 2.90. The lowest BCUT2D eigenvalue weighted by Gasteiger charge is -2.48. The van der Waals surface area contributed by atoms with Gasteiger partial charge >= 0.3 is 0 Å². The quantitative estimate of drug-likeness (QED) is 0.890. The monoisotopic (exact) mass is 343 g/mol. The Balaban J connectivity index is 1.72. The van der Waals surface area contributed by atoms with E-state index in [9.17, 15) is 9.59 Å². The molecule has 1 spiro atoms. The average molecular weight is 343 g/mol. The van der Waals surface area contributed by atoms with Gasteiger partial charge in [-0.1, -0.05) is 30.3 Å². The summed E-state index contributed by atoms with van der Waals surface area (Å²) in [5, 5.41) is 0. The minimum absolute atomic E-state index is 0.0518. The van der Waals surface area contributed by atoms with Crippen LogP contribution in [-0.4, -0.2) is 48.8 Å². The van der Waals surface area contributed by atoms with Gasteiger partial charge in [-0.3, -0.25) is 14.5 Å². The van der Waals surface area contributed by atoms with Gasteiger partial charge in [-0.05, 0) is 50.8 Å². The van der Waals surface area contributed by atoms with E-state index in [2.05, 4.69) is 49.3 Å². The Hall–Kier alpha value is -1.88. The molecule has 1 aromatic rings. The summed E-state index contributed by atoms with van der Waals surface area (Å²) in [4.78, 5) is 27.6. The van der Waals surface area contributed by atoms with Gasteiger partial charge in [0.2, 0.25) is 11.8 Å². The van der Waals surface area contributed by atoms with Crippen LogP contribution in [0.5, 0.6) is 0 Å². The molecule has 3 rings (SSSR count). The van der Waals surface area contributed by atoms with Crippen molar-refractivity contribution in [1.29, 1.82) is 0 Å². The van der Waals surface area contributed by atoms with Gasteiger partial charge in [-0.2, -0.15) is 0 Å². The first kappa shape index (κ1) is 17.9. The normalized spacial score (nSPS) is 29.6. The number of nitrogens with zero attached hydrogens (tertiary/aromatic N) is 2. The zero-order chi connectivity index (χ0) is 18.1. The van der Waals surface area contributed by atoms with Crippen molar-refractivity contribution in [3.8, 4) is 0 Å². The van der Waals surface area contributed by atoms with Crippen LogP contribution in [0.3, 0.4) is 0 Å². The van der Waals surface area contributed by atoms with Gasteiger partial charge < -0.3 is 10.6 Å². The minimum atomic E-state index is -0.340. The van der Waals surface area contributed by atoms with Crippen LogP contribution in [0.25, 0.3) is 0 Å². The lowest BCUT2D eigenvalue weighted by molar-refractivity contribution is -0.128. The Morgan fingerprint density at radius 3 is 2.36 bits per heavy atom. The molecule has 1 heterocycles. The number of carbonyl (C=O) groups is 2. The largest absolute Gasteiger partial charge is 0.370 e. The summed E-state index contributed by atoms with van der Waals surface area (Å²) >= 11 is 0. The molecule has 0 aromatic heterocycles. The van der Waals surface area contributed by atoms with Gasteiger partial charge in [0.1, 0.15) is 0 Å². The molecule has 2 N–H and O–H groups in total. The number of primary amides is 1. The van der Waals surface area contributed by atoms with Gasteiger partial charge in [0, 0.05) is 31.5 Å². The second kappa shape index (κ2) is 6.79. The van der Waals surface area contributed by atoms with E-state index in [1.54, 1.807) is 0 Å². The fourth-order valence-electron chi connectivity index (χ4n) is 4.70. The summed E-state index contributed by atoms with van der Waals surface area (Å²) in [6.07, 6.45) is 5.07. The van der Waals surface area contributed by atoms with E-state index in [0.29, 0.717) is 13.0 Å². The maximum atomic E-state index is 12.4. The SMILES string of the molecule is CN(C)[C@]1(c2ccccc2)CC[C@@]2(CC1)CC(=O)N(CCC(N)=O)C2.